The lowest BCUT2D eigenvalue weighted by molar-refractivity contribution is 0.309. The van der Waals surface area contributed by atoms with Crippen molar-refractivity contribution >= 4 is 21.5 Å². The molecule has 1 saturated carbocycles. The SMILES string of the molecule is Cc1ccc(S(=O)(=O)OCCCCN(c2ccc(C3(C#N)CC3)cc2)c2cc(-c3c(C)noc3C)ccc2C)cc1. The third-order valence-electron chi connectivity index (χ3n) is 7.84. The molecule has 1 aliphatic rings. The molecule has 1 fully saturated rings. The number of nitriles is 1. The zero-order valence-electron chi connectivity index (χ0n) is 24.0. The highest BCUT2D eigenvalue weighted by atomic mass is 32.2. The fourth-order valence-electron chi connectivity index (χ4n) is 5.20. The van der Waals surface area contributed by atoms with Crippen LogP contribution in [0, 0.1) is 39.0 Å². The molecule has 1 heterocycles. The summed E-state index contributed by atoms with van der Waals surface area (Å²) in [7, 11) is -3.80. The maximum Gasteiger partial charge on any atom is 0.296 e. The van der Waals surface area contributed by atoms with Gasteiger partial charge in [0.25, 0.3) is 10.1 Å². The smallest absolute Gasteiger partial charge is 0.296 e. The molecule has 8 heteroatoms. The summed E-state index contributed by atoms with van der Waals surface area (Å²) >= 11 is 0. The van der Waals surface area contributed by atoms with E-state index in [-0.39, 0.29) is 16.9 Å². The molecule has 1 aliphatic carbocycles. The van der Waals surface area contributed by atoms with Crippen LogP contribution < -0.4 is 4.90 Å². The number of hydrogen-bond donors (Lipinski definition) is 0. The molecule has 0 unspecified atom stereocenters. The van der Waals surface area contributed by atoms with E-state index in [1.54, 1.807) is 24.3 Å². The third-order valence-corrected chi connectivity index (χ3v) is 9.17. The number of anilines is 2. The van der Waals surface area contributed by atoms with Gasteiger partial charge in [-0.05, 0) is 100 Å². The maximum absolute atomic E-state index is 12.6. The van der Waals surface area contributed by atoms with E-state index in [2.05, 4.69) is 65.5 Å². The van der Waals surface area contributed by atoms with Gasteiger partial charge in [-0.25, -0.2) is 0 Å². The van der Waals surface area contributed by atoms with Gasteiger partial charge in [-0.1, -0.05) is 47.1 Å². The molecular formula is C33H35N3O4S. The molecule has 0 aliphatic heterocycles. The van der Waals surface area contributed by atoms with Crippen molar-refractivity contribution in [2.24, 2.45) is 0 Å². The van der Waals surface area contributed by atoms with Gasteiger partial charge in [-0.3, -0.25) is 4.18 Å². The van der Waals surface area contributed by atoms with E-state index in [0.29, 0.717) is 19.4 Å². The largest absolute Gasteiger partial charge is 0.361 e. The van der Waals surface area contributed by atoms with Crippen molar-refractivity contribution in [1.29, 1.82) is 5.26 Å². The van der Waals surface area contributed by atoms with Crippen molar-refractivity contribution in [2.45, 2.75) is 63.7 Å². The average Bonchev–Trinajstić information content (AvgIpc) is 3.70. The number of hydrogen-bond acceptors (Lipinski definition) is 7. The van der Waals surface area contributed by atoms with Gasteiger partial charge < -0.3 is 9.42 Å². The molecule has 41 heavy (non-hydrogen) atoms. The minimum absolute atomic E-state index is 0.103. The molecule has 0 amide bonds. The van der Waals surface area contributed by atoms with Crippen LogP contribution in [-0.2, 0) is 19.7 Å². The summed E-state index contributed by atoms with van der Waals surface area (Å²) < 4.78 is 36.0. The van der Waals surface area contributed by atoms with Crippen molar-refractivity contribution in [3.8, 4) is 17.2 Å². The van der Waals surface area contributed by atoms with Gasteiger partial charge in [0.05, 0.1) is 28.7 Å². The molecule has 0 radical (unpaired) electrons. The summed E-state index contributed by atoms with van der Waals surface area (Å²) in [5, 5.41) is 13.8. The Labute approximate surface area is 242 Å². The lowest BCUT2D eigenvalue weighted by Gasteiger charge is -2.28. The lowest BCUT2D eigenvalue weighted by atomic mass is 9.97. The quantitative estimate of drug-likeness (QED) is 0.137. The Morgan fingerprint density at radius 1 is 0.976 bits per heavy atom. The fourth-order valence-corrected chi connectivity index (χ4v) is 6.15. The van der Waals surface area contributed by atoms with Gasteiger partial charge in [0.1, 0.15) is 5.76 Å². The number of aryl methyl sites for hydroxylation is 4. The monoisotopic (exact) mass is 569 g/mol. The molecule has 0 N–H and O–H groups in total. The standard InChI is InChI=1S/C33H35N3O4S/c1-23-7-15-30(16-8-23)41(37,38)39-20-6-5-19-36(29-13-11-28(12-14-29)33(22-34)17-18-33)31-21-27(10-9-24(31)2)32-25(3)35-40-26(32)4/h7-16,21H,5-6,17-20H2,1-4H3. The first-order chi connectivity index (χ1) is 19.6. The van der Waals surface area contributed by atoms with E-state index >= 15 is 0 Å². The van der Waals surface area contributed by atoms with Crippen molar-refractivity contribution in [1.82, 2.24) is 5.16 Å². The van der Waals surface area contributed by atoms with Crippen LogP contribution >= 0.6 is 0 Å². The summed E-state index contributed by atoms with van der Waals surface area (Å²) in [4.78, 5) is 2.42. The van der Waals surface area contributed by atoms with Gasteiger partial charge >= 0.3 is 0 Å². The Morgan fingerprint density at radius 2 is 1.68 bits per heavy atom. The average molecular weight is 570 g/mol. The second kappa shape index (κ2) is 11.5. The minimum Gasteiger partial charge on any atom is -0.361 e. The number of aromatic nitrogens is 1. The Kier molecular flexibility index (Phi) is 8.03. The zero-order chi connectivity index (χ0) is 29.2. The van der Waals surface area contributed by atoms with Crippen molar-refractivity contribution in [2.75, 3.05) is 18.1 Å². The van der Waals surface area contributed by atoms with Gasteiger partial charge in [-0.15, -0.1) is 0 Å². The predicted molar refractivity (Wildman–Crippen MR) is 160 cm³/mol. The third kappa shape index (κ3) is 6.07. The first-order valence-electron chi connectivity index (χ1n) is 13.9. The van der Waals surface area contributed by atoms with Crippen LogP contribution in [0.3, 0.4) is 0 Å². The van der Waals surface area contributed by atoms with Crippen LogP contribution in [0.2, 0.25) is 0 Å². The van der Waals surface area contributed by atoms with E-state index in [9.17, 15) is 13.7 Å². The molecule has 3 aromatic carbocycles. The normalized spacial score (nSPS) is 14.0. The van der Waals surface area contributed by atoms with Crippen LogP contribution in [0.15, 0.2) is 76.1 Å². The predicted octanol–water partition coefficient (Wildman–Crippen LogP) is 7.45. The second-order valence-corrected chi connectivity index (χ2v) is 12.5. The van der Waals surface area contributed by atoms with E-state index in [1.807, 2.05) is 20.8 Å². The van der Waals surface area contributed by atoms with Gasteiger partial charge in [-0.2, -0.15) is 13.7 Å². The number of nitrogens with zero attached hydrogens (tertiary/aromatic N) is 3. The van der Waals surface area contributed by atoms with Gasteiger partial charge in [0.2, 0.25) is 0 Å². The van der Waals surface area contributed by atoms with Crippen molar-refractivity contribution in [3.63, 3.8) is 0 Å². The highest BCUT2D eigenvalue weighted by Gasteiger charge is 2.44. The van der Waals surface area contributed by atoms with E-state index in [4.69, 9.17) is 8.71 Å². The molecule has 5 rings (SSSR count). The summed E-state index contributed by atoms with van der Waals surface area (Å²) in [5.74, 6) is 0.770. The fraction of sp³-hybridized carbons (Fsp3) is 0.333. The molecule has 0 bridgehead atoms. The van der Waals surface area contributed by atoms with E-state index in [1.165, 1.54) is 0 Å². The van der Waals surface area contributed by atoms with Crippen molar-refractivity contribution < 1.29 is 17.1 Å². The number of benzene rings is 3. The van der Waals surface area contributed by atoms with Crippen LogP contribution in [0.1, 0.15) is 53.8 Å². The maximum atomic E-state index is 12.6. The van der Waals surface area contributed by atoms with Crippen molar-refractivity contribution in [3.05, 3.63) is 94.9 Å². The molecule has 1 aromatic heterocycles. The van der Waals surface area contributed by atoms with Crippen LogP contribution in [0.25, 0.3) is 11.1 Å². The Morgan fingerprint density at radius 3 is 2.29 bits per heavy atom. The molecule has 212 valence electrons. The van der Waals surface area contributed by atoms with E-state index < -0.39 is 10.1 Å². The van der Waals surface area contributed by atoms with Crippen LogP contribution in [0.4, 0.5) is 11.4 Å². The molecule has 0 spiro atoms. The van der Waals surface area contributed by atoms with Gasteiger partial charge in [0, 0.05) is 23.5 Å². The Hall–Kier alpha value is -3.93. The summed E-state index contributed by atoms with van der Waals surface area (Å²) in [6, 6.07) is 23.8. The first-order valence-corrected chi connectivity index (χ1v) is 15.3. The summed E-state index contributed by atoms with van der Waals surface area (Å²) in [5.41, 5.74) is 7.72. The Balaban J connectivity index is 1.37. The van der Waals surface area contributed by atoms with Crippen LogP contribution in [-0.4, -0.2) is 26.7 Å². The molecule has 0 saturated heterocycles. The lowest BCUT2D eigenvalue weighted by Crippen LogP contribution is -2.20. The minimum atomic E-state index is -3.80. The number of rotatable bonds is 11. The highest BCUT2D eigenvalue weighted by molar-refractivity contribution is 7.86. The number of unbranched alkanes of at least 4 members (excludes halogenated alkanes) is 1. The molecule has 0 atom stereocenters. The highest BCUT2D eigenvalue weighted by Crippen LogP contribution is 2.48. The molecule has 4 aromatic rings. The topological polar surface area (TPSA) is 96.4 Å². The second-order valence-electron chi connectivity index (χ2n) is 10.9. The first kappa shape index (κ1) is 28.6. The van der Waals surface area contributed by atoms with Gasteiger partial charge in [0.15, 0.2) is 0 Å². The Bertz CT molecular complexity index is 1660. The molecular weight excluding hydrogens is 534 g/mol. The summed E-state index contributed by atoms with van der Waals surface area (Å²) in [6.45, 7) is 8.61. The van der Waals surface area contributed by atoms with E-state index in [0.717, 1.165) is 63.5 Å². The van der Waals surface area contributed by atoms with Crippen LogP contribution in [0.5, 0.6) is 0 Å². The summed E-state index contributed by atoms with van der Waals surface area (Å²) in [6.07, 6.45) is 3.08. The molecule has 7 nitrogen and oxygen atoms in total. The zero-order valence-corrected chi connectivity index (χ0v) is 24.8.